The van der Waals surface area contributed by atoms with Gasteiger partial charge >= 0.3 is 0 Å². The monoisotopic (exact) mass is 323 g/mol. The van der Waals surface area contributed by atoms with Gasteiger partial charge in [-0.1, -0.05) is 15.9 Å². The molecule has 0 saturated carbocycles. The maximum absolute atomic E-state index is 12.7. The summed E-state index contributed by atoms with van der Waals surface area (Å²) in [7, 11) is 0. The van der Waals surface area contributed by atoms with Crippen molar-refractivity contribution in [1.82, 2.24) is 4.98 Å². The van der Waals surface area contributed by atoms with E-state index >= 15 is 0 Å². The van der Waals surface area contributed by atoms with Crippen LogP contribution in [0.1, 0.15) is 15.9 Å². The fourth-order valence-corrected chi connectivity index (χ4v) is 2.04. The smallest absolute Gasteiger partial charge is 0.257 e. The highest BCUT2D eigenvalue weighted by atomic mass is 79.9. The molecule has 0 aliphatic heterocycles. The number of carbonyl (C=O) groups excluding carboxylic acids is 1. The van der Waals surface area contributed by atoms with Crippen LogP contribution in [0.5, 0.6) is 0 Å². The van der Waals surface area contributed by atoms with Crippen LogP contribution in [0.2, 0.25) is 0 Å². The number of halogens is 2. The van der Waals surface area contributed by atoms with Gasteiger partial charge in [0, 0.05) is 15.7 Å². The number of rotatable bonds is 2. The number of nitrogens with two attached hydrogens (primary N) is 1. The van der Waals surface area contributed by atoms with Crippen molar-refractivity contribution in [2.45, 2.75) is 6.92 Å². The summed E-state index contributed by atoms with van der Waals surface area (Å²) in [6.07, 6.45) is 1.04. The van der Waals surface area contributed by atoms with Gasteiger partial charge in [0.15, 0.2) is 0 Å². The number of nitrogens with one attached hydrogen (secondary N) is 1. The molecular formula is C13H11BrFN3O. The topological polar surface area (TPSA) is 68.0 Å². The van der Waals surface area contributed by atoms with Crippen LogP contribution >= 0.6 is 15.9 Å². The summed E-state index contributed by atoms with van der Waals surface area (Å²) < 4.78 is 13.4. The molecule has 3 N–H and O–H groups in total. The van der Waals surface area contributed by atoms with E-state index in [9.17, 15) is 9.18 Å². The average Bonchev–Trinajstić information content (AvgIpc) is 2.36. The van der Waals surface area contributed by atoms with Gasteiger partial charge in [-0.15, -0.1) is 0 Å². The summed E-state index contributed by atoms with van der Waals surface area (Å²) in [5, 5.41) is 2.59. The minimum atomic E-state index is -0.458. The third-order valence-corrected chi connectivity index (χ3v) is 3.08. The van der Waals surface area contributed by atoms with E-state index in [0.29, 0.717) is 21.3 Å². The first-order valence-electron chi connectivity index (χ1n) is 5.46. The summed E-state index contributed by atoms with van der Waals surface area (Å²) in [5.41, 5.74) is 7.44. The molecule has 1 amide bonds. The minimum absolute atomic E-state index is 0.282. The van der Waals surface area contributed by atoms with Crippen molar-refractivity contribution >= 4 is 33.3 Å². The summed E-state index contributed by atoms with van der Waals surface area (Å²) >= 11 is 3.29. The minimum Gasteiger partial charge on any atom is -0.398 e. The second-order valence-electron chi connectivity index (χ2n) is 3.98. The fraction of sp³-hybridized carbons (Fsp3) is 0.0769. The molecule has 1 aromatic heterocycles. The zero-order chi connectivity index (χ0) is 14.0. The number of benzene rings is 1. The van der Waals surface area contributed by atoms with E-state index in [1.54, 1.807) is 19.1 Å². The van der Waals surface area contributed by atoms with Gasteiger partial charge in [-0.25, -0.2) is 9.37 Å². The van der Waals surface area contributed by atoms with Crippen LogP contribution in [0.4, 0.5) is 15.9 Å². The summed E-state index contributed by atoms with van der Waals surface area (Å²) in [6, 6.07) is 6.02. The third kappa shape index (κ3) is 3.08. The molecule has 2 rings (SSSR count). The van der Waals surface area contributed by atoms with E-state index in [0.717, 1.165) is 6.20 Å². The van der Waals surface area contributed by atoms with Gasteiger partial charge in [0.2, 0.25) is 0 Å². The van der Waals surface area contributed by atoms with Gasteiger partial charge in [0.05, 0.1) is 6.20 Å². The standard InChI is InChI=1S/C13H11BrFN3O/c1-7-10(4-8(14)5-11(7)16)13(19)18-12-3-2-9(15)6-17-12/h2-6H,16H2,1H3,(H,17,18,19). The molecule has 6 heteroatoms. The number of aromatic nitrogens is 1. The number of pyridine rings is 1. The lowest BCUT2D eigenvalue weighted by Crippen LogP contribution is -2.15. The van der Waals surface area contributed by atoms with Crippen LogP contribution in [0.15, 0.2) is 34.9 Å². The van der Waals surface area contributed by atoms with Gasteiger partial charge in [0.1, 0.15) is 11.6 Å². The maximum Gasteiger partial charge on any atom is 0.257 e. The Bertz CT molecular complexity index is 629. The number of hydrogen-bond acceptors (Lipinski definition) is 3. The van der Waals surface area contributed by atoms with Gasteiger partial charge in [-0.2, -0.15) is 0 Å². The van der Waals surface area contributed by atoms with E-state index in [-0.39, 0.29) is 11.7 Å². The fourth-order valence-electron chi connectivity index (χ4n) is 1.57. The van der Waals surface area contributed by atoms with E-state index in [4.69, 9.17) is 5.73 Å². The van der Waals surface area contributed by atoms with Gasteiger partial charge in [0.25, 0.3) is 5.91 Å². The van der Waals surface area contributed by atoms with Crippen LogP contribution in [-0.2, 0) is 0 Å². The highest BCUT2D eigenvalue weighted by molar-refractivity contribution is 9.10. The Kier molecular flexibility index (Phi) is 3.80. The largest absolute Gasteiger partial charge is 0.398 e. The molecule has 19 heavy (non-hydrogen) atoms. The predicted octanol–water partition coefficient (Wildman–Crippen LogP) is 3.13. The average molecular weight is 324 g/mol. The quantitative estimate of drug-likeness (QED) is 0.834. The molecule has 0 atom stereocenters. The summed E-state index contributed by atoms with van der Waals surface area (Å²) in [5.74, 6) is -0.519. The van der Waals surface area contributed by atoms with E-state index in [1.165, 1.54) is 12.1 Å². The lowest BCUT2D eigenvalue weighted by molar-refractivity contribution is 0.102. The first-order valence-corrected chi connectivity index (χ1v) is 6.25. The molecule has 1 aromatic carbocycles. The molecule has 0 bridgehead atoms. The second kappa shape index (κ2) is 5.36. The number of hydrogen-bond donors (Lipinski definition) is 2. The molecule has 4 nitrogen and oxygen atoms in total. The Morgan fingerprint density at radius 1 is 1.42 bits per heavy atom. The van der Waals surface area contributed by atoms with Crippen molar-refractivity contribution in [2.24, 2.45) is 0 Å². The molecule has 1 heterocycles. The molecule has 0 aliphatic carbocycles. The van der Waals surface area contributed by atoms with Crippen LogP contribution in [-0.4, -0.2) is 10.9 Å². The van der Waals surface area contributed by atoms with Crippen LogP contribution < -0.4 is 11.1 Å². The van der Waals surface area contributed by atoms with Crippen LogP contribution in [0, 0.1) is 12.7 Å². The zero-order valence-corrected chi connectivity index (χ0v) is 11.7. The number of nitrogens with zero attached hydrogens (tertiary/aromatic N) is 1. The Hall–Kier alpha value is -1.95. The number of anilines is 2. The molecule has 0 fully saturated rings. The SMILES string of the molecule is Cc1c(N)cc(Br)cc1C(=O)Nc1ccc(F)cn1. The molecule has 0 aliphatic rings. The third-order valence-electron chi connectivity index (χ3n) is 2.63. The van der Waals surface area contributed by atoms with Gasteiger partial charge < -0.3 is 11.1 Å². The highest BCUT2D eigenvalue weighted by Gasteiger charge is 2.13. The normalized spacial score (nSPS) is 10.3. The summed E-state index contributed by atoms with van der Waals surface area (Å²) in [4.78, 5) is 15.9. The molecule has 0 saturated heterocycles. The second-order valence-corrected chi connectivity index (χ2v) is 4.90. The first-order chi connectivity index (χ1) is 8.97. The molecular weight excluding hydrogens is 313 g/mol. The van der Waals surface area contributed by atoms with E-state index in [1.807, 2.05) is 0 Å². The number of amides is 1. The molecule has 0 unspecified atom stereocenters. The highest BCUT2D eigenvalue weighted by Crippen LogP contribution is 2.23. The van der Waals surface area contributed by atoms with Crippen molar-refractivity contribution < 1.29 is 9.18 Å². The zero-order valence-electron chi connectivity index (χ0n) is 10.1. The van der Waals surface area contributed by atoms with Crippen molar-refractivity contribution in [2.75, 3.05) is 11.1 Å². The van der Waals surface area contributed by atoms with E-state index < -0.39 is 5.82 Å². The van der Waals surface area contributed by atoms with Crippen molar-refractivity contribution in [1.29, 1.82) is 0 Å². The molecule has 2 aromatic rings. The van der Waals surface area contributed by atoms with Crippen molar-refractivity contribution in [3.8, 4) is 0 Å². The molecule has 0 radical (unpaired) electrons. The van der Waals surface area contributed by atoms with E-state index in [2.05, 4.69) is 26.2 Å². The number of nitrogen functional groups attached to an aromatic ring is 1. The van der Waals surface area contributed by atoms with Gasteiger partial charge in [-0.3, -0.25) is 4.79 Å². The Morgan fingerprint density at radius 2 is 2.16 bits per heavy atom. The summed E-state index contributed by atoms with van der Waals surface area (Å²) in [6.45, 7) is 1.76. The maximum atomic E-state index is 12.7. The predicted molar refractivity (Wildman–Crippen MR) is 75.4 cm³/mol. The van der Waals surface area contributed by atoms with Gasteiger partial charge in [-0.05, 0) is 36.8 Å². The lowest BCUT2D eigenvalue weighted by atomic mass is 10.1. The first kappa shape index (κ1) is 13.5. The van der Waals surface area contributed by atoms with Crippen LogP contribution in [0.3, 0.4) is 0 Å². The number of carbonyl (C=O) groups is 1. The Morgan fingerprint density at radius 3 is 2.79 bits per heavy atom. The molecule has 98 valence electrons. The Labute approximate surface area is 118 Å². The lowest BCUT2D eigenvalue weighted by Gasteiger charge is -2.09. The Balaban J connectivity index is 2.27. The van der Waals surface area contributed by atoms with Crippen molar-refractivity contribution in [3.05, 3.63) is 51.9 Å². The molecule has 0 spiro atoms. The van der Waals surface area contributed by atoms with Crippen LogP contribution in [0.25, 0.3) is 0 Å². The van der Waals surface area contributed by atoms with Crippen molar-refractivity contribution in [3.63, 3.8) is 0 Å².